The fraction of sp³-hybridized carbons (Fsp3) is 0.778. The molecule has 0 fully saturated rings. The second-order valence-electron chi connectivity index (χ2n) is 7.07. The minimum Gasteiger partial charge on any atom is -0.198 e. The molecule has 0 aliphatic heterocycles. The molecule has 0 aromatic heterocycles. The Kier molecular flexibility index (Phi) is 7.91. The molecule has 0 N–H and O–H groups in total. The molecule has 22 heavy (non-hydrogen) atoms. The summed E-state index contributed by atoms with van der Waals surface area (Å²) >= 11 is 0. The van der Waals surface area contributed by atoms with E-state index in [9.17, 15) is 0 Å². The van der Waals surface area contributed by atoms with E-state index in [2.05, 4.69) is 24.3 Å². The van der Waals surface area contributed by atoms with E-state index in [0.717, 1.165) is 12.8 Å². The summed E-state index contributed by atoms with van der Waals surface area (Å²) in [5.41, 5.74) is -2.17. The Morgan fingerprint density at radius 2 is 0.773 bits per heavy atom. The lowest BCUT2D eigenvalue weighted by Gasteiger charge is -2.34. The molecule has 0 spiro atoms. The summed E-state index contributed by atoms with van der Waals surface area (Å²) in [4.78, 5) is 0. The minimum absolute atomic E-state index is 0.517. The Balaban J connectivity index is 0. The zero-order chi connectivity index (χ0) is 18.2. The van der Waals surface area contributed by atoms with Crippen molar-refractivity contribution < 1.29 is 0 Å². The highest BCUT2D eigenvalue weighted by Crippen LogP contribution is 2.43. The predicted molar refractivity (Wildman–Crippen MR) is 86.8 cm³/mol. The van der Waals surface area contributed by atoms with Crippen molar-refractivity contribution in [1.29, 1.82) is 21.0 Å². The zero-order valence-electron chi connectivity index (χ0n) is 15.2. The second kappa shape index (κ2) is 7.82. The molecule has 0 aliphatic carbocycles. The lowest BCUT2D eigenvalue weighted by Crippen LogP contribution is -2.34. The van der Waals surface area contributed by atoms with E-state index in [1.165, 1.54) is 0 Å². The molecular formula is C18H28N4. The van der Waals surface area contributed by atoms with Gasteiger partial charge in [0.15, 0.2) is 0 Å². The average Bonchev–Trinajstić information content (AvgIpc) is 2.53. The van der Waals surface area contributed by atoms with Gasteiger partial charge in [0.05, 0.1) is 45.9 Å². The van der Waals surface area contributed by atoms with Gasteiger partial charge in [0, 0.05) is 0 Å². The predicted octanol–water partition coefficient (Wildman–Crippen LogP) is 4.95. The highest BCUT2D eigenvalue weighted by atomic mass is 14.5. The van der Waals surface area contributed by atoms with Crippen LogP contribution in [0.3, 0.4) is 0 Å². The Labute approximate surface area is 136 Å². The topological polar surface area (TPSA) is 95.2 Å². The summed E-state index contributed by atoms with van der Waals surface area (Å²) < 4.78 is 0. The van der Waals surface area contributed by atoms with Gasteiger partial charge in [-0.15, -0.1) is 0 Å². The van der Waals surface area contributed by atoms with Crippen LogP contribution in [0.1, 0.15) is 68.2 Å². The first-order valence-electron chi connectivity index (χ1n) is 7.52. The molecule has 0 aliphatic rings. The fourth-order valence-corrected chi connectivity index (χ4v) is 1.46. The summed E-state index contributed by atoms with van der Waals surface area (Å²) in [5.74, 6) is 0. The molecule has 120 valence electrons. The molecule has 2 unspecified atom stereocenters. The first-order chi connectivity index (χ1) is 9.86. The third-order valence-corrected chi connectivity index (χ3v) is 5.25. The molecule has 0 aromatic rings. The third kappa shape index (κ3) is 4.48. The van der Waals surface area contributed by atoms with Crippen LogP contribution in [0.25, 0.3) is 0 Å². The highest BCUT2D eigenvalue weighted by molar-refractivity contribution is 5.14. The van der Waals surface area contributed by atoms with E-state index in [-0.39, 0.29) is 0 Å². The molecule has 0 aromatic carbocycles. The Hall–Kier alpha value is -2.04. The molecule has 0 bridgehead atoms. The molecule has 0 saturated carbocycles. The molecular weight excluding hydrogens is 272 g/mol. The van der Waals surface area contributed by atoms with Crippen LogP contribution in [0.5, 0.6) is 0 Å². The summed E-state index contributed by atoms with van der Waals surface area (Å²) in [6.45, 7) is 14.7. The van der Waals surface area contributed by atoms with Crippen molar-refractivity contribution in [3.8, 4) is 24.3 Å². The first kappa shape index (κ1) is 22.2. The molecule has 0 rings (SSSR count). The Morgan fingerprint density at radius 1 is 0.545 bits per heavy atom. The number of hydrogen-bond acceptors (Lipinski definition) is 4. The van der Waals surface area contributed by atoms with Crippen LogP contribution in [-0.4, -0.2) is 0 Å². The van der Waals surface area contributed by atoms with Crippen molar-refractivity contribution in [2.75, 3.05) is 0 Å². The SMILES string of the molecule is CC(C)(C#N)C(C)(C)C#N.CCC(C)(C#N)C(C)(C#N)CC. The largest absolute Gasteiger partial charge is 0.198 e. The monoisotopic (exact) mass is 300 g/mol. The van der Waals surface area contributed by atoms with Crippen molar-refractivity contribution in [2.24, 2.45) is 21.7 Å². The summed E-state index contributed by atoms with van der Waals surface area (Å²) in [7, 11) is 0. The van der Waals surface area contributed by atoms with E-state index in [1.807, 2.05) is 27.7 Å². The minimum atomic E-state index is -0.568. The van der Waals surface area contributed by atoms with E-state index in [0.29, 0.717) is 0 Å². The number of nitriles is 4. The van der Waals surface area contributed by atoms with Gasteiger partial charge in [-0.25, -0.2) is 0 Å². The van der Waals surface area contributed by atoms with Crippen molar-refractivity contribution >= 4 is 0 Å². The second-order valence-corrected chi connectivity index (χ2v) is 7.07. The van der Waals surface area contributed by atoms with Crippen LogP contribution < -0.4 is 0 Å². The maximum atomic E-state index is 8.98. The van der Waals surface area contributed by atoms with Crippen LogP contribution in [-0.2, 0) is 0 Å². The first-order valence-corrected chi connectivity index (χ1v) is 7.52. The van der Waals surface area contributed by atoms with E-state index in [1.54, 1.807) is 27.7 Å². The number of rotatable bonds is 4. The third-order valence-electron chi connectivity index (χ3n) is 5.25. The van der Waals surface area contributed by atoms with Gasteiger partial charge >= 0.3 is 0 Å². The van der Waals surface area contributed by atoms with Gasteiger partial charge in [-0.05, 0) is 54.4 Å². The number of nitrogens with zero attached hydrogens (tertiary/aromatic N) is 4. The summed E-state index contributed by atoms with van der Waals surface area (Å²) in [6.07, 6.45) is 1.45. The number of hydrogen-bond donors (Lipinski definition) is 0. The standard InChI is InChI=1S/C10H16N2.C8H12N2/c1-5-9(3,7-11)10(4,6-2)8-12;1-7(2,5-9)8(3,4)6-10/h5-6H2,1-4H3;1-4H3. The Bertz CT molecular complexity index is 483. The van der Waals surface area contributed by atoms with E-state index >= 15 is 0 Å². The molecule has 4 heteroatoms. The van der Waals surface area contributed by atoms with Crippen molar-refractivity contribution in [3.63, 3.8) is 0 Å². The van der Waals surface area contributed by atoms with Crippen LogP contribution in [0, 0.1) is 67.0 Å². The quantitative estimate of drug-likeness (QED) is 0.733. The van der Waals surface area contributed by atoms with Gasteiger partial charge in [0.2, 0.25) is 0 Å². The van der Waals surface area contributed by atoms with Crippen molar-refractivity contribution in [1.82, 2.24) is 0 Å². The van der Waals surface area contributed by atoms with E-state index in [4.69, 9.17) is 21.0 Å². The van der Waals surface area contributed by atoms with Gasteiger partial charge < -0.3 is 0 Å². The smallest absolute Gasteiger partial charge is 0.0726 e. The van der Waals surface area contributed by atoms with Gasteiger partial charge in [0.1, 0.15) is 0 Å². The summed E-state index contributed by atoms with van der Waals surface area (Å²) in [5, 5.41) is 35.3. The van der Waals surface area contributed by atoms with E-state index < -0.39 is 21.7 Å². The van der Waals surface area contributed by atoms with Crippen LogP contribution in [0.4, 0.5) is 0 Å². The van der Waals surface area contributed by atoms with Gasteiger partial charge in [-0.3, -0.25) is 0 Å². The fourth-order valence-electron chi connectivity index (χ4n) is 1.46. The van der Waals surface area contributed by atoms with Gasteiger partial charge in [-0.2, -0.15) is 21.0 Å². The molecule has 2 atom stereocenters. The van der Waals surface area contributed by atoms with Gasteiger partial charge in [0.25, 0.3) is 0 Å². The normalized spacial score (nSPS) is 16.2. The maximum Gasteiger partial charge on any atom is 0.0726 e. The van der Waals surface area contributed by atoms with Crippen LogP contribution in [0.15, 0.2) is 0 Å². The van der Waals surface area contributed by atoms with Crippen LogP contribution in [0.2, 0.25) is 0 Å². The van der Waals surface area contributed by atoms with Crippen molar-refractivity contribution in [2.45, 2.75) is 68.2 Å². The lowest BCUT2D eigenvalue weighted by atomic mass is 9.64. The molecule has 0 saturated heterocycles. The highest BCUT2D eigenvalue weighted by Gasteiger charge is 2.42. The van der Waals surface area contributed by atoms with Gasteiger partial charge in [-0.1, -0.05) is 13.8 Å². The molecule has 4 nitrogen and oxygen atoms in total. The average molecular weight is 300 g/mol. The lowest BCUT2D eigenvalue weighted by molar-refractivity contribution is 0.186. The Morgan fingerprint density at radius 3 is 0.864 bits per heavy atom. The maximum absolute atomic E-state index is 8.98. The molecule has 0 heterocycles. The molecule has 0 radical (unpaired) electrons. The zero-order valence-corrected chi connectivity index (χ0v) is 15.2. The van der Waals surface area contributed by atoms with Crippen LogP contribution >= 0.6 is 0 Å². The summed E-state index contributed by atoms with van der Waals surface area (Å²) in [6, 6.07) is 8.72. The molecule has 0 amide bonds. The van der Waals surface area contributed by atoms with Crippen molar-refractivity contribution in [3.05, 3.63) is 0 Å².